The van der Waals surface area contributed by atoms with Crippen LogP contribution in [0.15, 0.2) is 22.9 Å². The van der Waals surface area contributed by atoms with Gasteiger partial charge in [0.2, 0.25) is 0 Å². The normalized spacial score (nSPS) is 23.3. The monoisotopic (exact) mass is 395 g/mol. The molecule has 6 nitrogen and oxygen atoms in total. The van der Waals surface area contributed by atoms with E-state index in [4.69, 9.17) is 4.74 Å². The summed E-state index contributed by atoms with van der Waals surface area (Å²) in [4.78, 5) is 32.9. The summed E-state index contributed by atoms with van der Waals surface area (Å²) in [6.45, 7) is 6.69. The zero-order chi connectivity index (χ0) is 17.5. The Kier molecular flexibility index (Phi) is 4.55. The lowest BCUT2D eigenvalue weighted by Crippen LogP contribution is -2.65. The fourth-order valence-corrected chi connectivity index (χ4v) is 3.52. The maximum absolute atomic E-state index is 12.7. The Morgan fingerprint density at radius 2 is 1.79 bits per heavy atom. The second kappa shape index (κ2) is 6.35. The van der Waals surface area contributed by atoms with Gasteiger partial charge in [0.1, 0.15) is 10.2 Å². The molecule has 0 saturated carbocycles. The number of hydrogen-bond donors (Lipinski definition) is 0. The van der Waals surface area contributed by atoms with Gasteiger partial charge in [-0.2, -0.15) is 0 Å². The molecule has 3 aliphatic rings. The van der Waals surface area contributed by atoms with Crippen LogP contribution in [0.2, 0.25) is 0 Å². The van der Waals surface area contributed by atoms with Crippen LogP contribution in [-0.4, -0.2) is 57.6 Å². The Morgan fingerprint density at radius 1 is 1.17 bits per heavy atom. The number of carbonyl (C=O) groups is 2. The molecule has 0 N–H and O–H groups in total. The molecule has 0 aromatic carbocycles. The largest absolute Gasteiger partial charge is 0.444 e. The summed E-state index contributed by atoms with van der Waals surface area (Å²) in [5, 5.41) is 0. The van der Waals surface area contributed by atoms with Gasteiger partial charge in [0, 0.05) is 25.3 Å². The van der Waals surface area contributed by atoms with Crippen LogP contribution < -0.4 is 0 Å². The van der Waals surface area contributed by atoms with Gasteiger partial charge in [-0.3, -0.25) is 4.79 Å². The Labute approximate surface area is 150 Å². The summed E-state index contributed by atoms with van der Waals surface area (Å²) in [6, 6.07) is 3.60. The lowest BCUT2D eigenvalue weighted by molar-refractivity contribution is -0.0341. The van der Waals surface area contributed by atoms with Crippen LogP contribution in [0, 0.1) is 0 Å². The van der Waals surface area contributed by atoms with E-state index in [0.717, 1.165) is 12.8 Å². The molecular weight excluding hydrogens is 374 g/mol. The van der Waals surface area contributed by atoms with Crippen LogP contribution in [0.4, 0.5) is 4.79 Å². The van der Waals surface area contributed by atoms with Crippen molar-refractivity contribution in [3.8, 4) is 0 Å². The number of hydrogen-bond acceptors (Lipinski definition) is 4. The van der Waals surface area contributed by atoms with Gasteiger partial charge in [-0.1, -0.05) is 0 Å². The second-order valence-electron chi connectivity index (χ2n) is 7.34. The summed E-state index contributed by atoms with van der Waals surface area (Å²) in [5.41, 5.74) is 0.0707. The SMILES string of the molecule is CC(C)(C)OC(=O)N1CC2CCC1CN2C(=O)c1ccc(Br)nc1. The molecule has 3 aliphatic heterocycles. The number of aromatic nitrogens is 1. The molecule has 1 aromatic heterocycles. The first-order valence-corrected chi connectivity index (χ1v) is 8.96. The molecule has 1 aromatic rings. The van der Waals surface area contributed by atoms with Crippen molar-refractivity contribution >= 4 is 27.9 Å². The molecule has 7 heteroatoms. The van der Waals surface area contributed by atoms with Crippen LogP contribution in [0.25, 0.3) is 0 Å². The first-order valence-electron chi connectivity index (χ1n) is 8.17. The number of ether oxygens (including phenoxy) is 1. The number of fused-ring (bicyclic) bond motifs is 3. The van der Waals surface area contributed by atoms with E-state index in [1.165, 1.54) is 0 Å². The average Bonchev–Trinajstić information content (AvgIpc) is 2.53. The summed E-state index contributed by atoms with van der Waals surface area (Å²) in [5.74, 6) is -0.0199. The Hall–Kier alpha value is -1.63. The number of amides is 2. The van der Waals surface area contributed by atoms with Crippen molar-refractivity contribution in [1.29, 1.82) is 0 Å². The number of rotatable bonds is 1. The molecule has 3 fully saturated rings. The molecule has 2 unspecified atom stereocenters. The lowest BCUT2D eigenvalue weighted by Gasteiger charge is -2.51. The predicted octanol–water partition coefficient (Wildman–Crippen LogP) is 3.07. The van der Waals surface area contributed by atoms with Gasteiger partial charge in [0.05, 0.1) is 11.6 Å². The van der Waals surface area contributed by atoms with Gasteiger partial charge >= 0.3 is 6.09 Å². The molecule has 2 bridgehead atoms. The molecule has 0 radical (unpaired) electrons. The van der Waals surface area contributed by atoms with E-state index in [2.05, 4.69) is 20.9 Å². The third kappa shape index (κ3) is 3.55. The number of halogens is 1. The molecule has 0 spiro atoms. The quantitative estimate of drug-likeness (QED) is 0.685. The first kappa shape index (κ1) is 17.2. The Morgan fingerprint density at radius 3 is 2.29 bits per heavy atom. The fraction of sp³-hybridized carbons (Fsp3) is 0.588. The van der Waals surface area contributed by atoms with Gasteiger partial charge in [-0.25, -0.2) is 9.78 Å². The minimum atomic E-state index is -0.508. The molecular formula is C17H22BrN3O3. The standard InChI is InChI=1S/C17H22BrN3O3/c1-17(2,3)24-16(23)21-10-12-5-6-13(21)9-20(12)15(22)11-4-7-14(18)19-8-11/h4,7-8,12-13H,5-6,9-10H2,1-3H3. The zero-order valence-corrected chi connectivity index (χ0v) is 15.7. The third-order valence-corrected chi connectivity index (χ3v) is 4.86. The Balaban J connectivity index is 1.70. The van der Waals surface area contributed by atoms with E-state index in [1.807, 2.05) is 25.7 Å². The highest BCUT2D eigenvalue weighted by Gasteiger charge is 2.44. The van der Waals surface area contributed by atoms with E-state index < -0.39 is 5.60 Å². The maximum Gasteiger partial charge on any atom is 0.410 e. The van der Waals surface area contributed by atoms with E-state index in [9.17, 15) is 9.59 Å². The highest BCUT2D eigenvalue weighted by molar-refractivity contribution is 9.10. The van der Waals surface area contributed by atoms with Crippen molar-refractivity contribution in [2.45, 2.75) is 51.3 Å². The summed E-state index contributed by atoms with van der Waals surface area (Å²) >= 11 is 3.28. The maximum atomic E-state index is 12.7. The van der Waals surface area contributed by atoms with Gasteiger partial charge in [-0.05, 0) is 61.7 Å². The smallest absolute Gasteiger partial charge is 0.410 e. The van der Waals surface area contributed by atoms with E-state index in [0.29, 0.717) is 23.3 Å². The second-order valence-corrected chi connectivity index (χ2v) is 8.16. The minimum Gasteiger partial charge on any atom is -0.444 e. The summed E-state index contributed by atoms with van der Waals surface area (Å²) in [6.07, 6.45) is 3.13. The van der Waals surface area contributed by atoms with Crippen LogP contribution in [-0.2, 0) is 4.74 Å². The van der Waals surface area contributed by atoms with Gasteiger partial charge in [0.25, 0.3) is 5.91 Å². The molecule has 0 aliphatic carbocycles. The molecule has 4 heterocycles. The molecule has 2 amide bonds. The average molecular weight is 396 g/mol. The molecule has 3 saturated heterocycles. The lowest BCUT2D eigenvalue weighted by atomic mass is 9.90. The topological polar surface area (TPSA) is 62.7 Å². The highest BCUT2D eigenvalue weighted by atomic mass is 79.9. The number of pyridine rings is 1. The number of piperidine rings is 2. The van der Waals surface area contributed by atoms with Crippen molar-refractivity contribution in [3.05, 3.63) is 28.5 Å². The molecule has 24 heavy (non-hydrogen) atoms. The van der Waals surface area contributed by atoms with Crippen LogP contribution in [0.5, 0.6) is 0 Å². The summed E-state index contributed by atoms with van der Waals surface area (Å²) < 4.78 is 6.20. The molecule has 2 atom stereocenters. The van der Waals surface area contributed by atoms with E-state index in [-0.39, 0.29) is 24.1 Å². The van der Waals surface area contributed by atoms with E-state index in [1.54, 1.807) is 23.2 Å². The van der Waals surface area contributed by atoms with Gasteiger partial charge in [0.15, 0.2) is 0 Å². The number of nitrogens with zero attached hydrogens (tertiary/aromatic N) is 3. The molecule has 4 rings (SSSR count). The van der Waals surface area contributed by atoms with Crippen LogP contribution in [0.3, 0.4) is 0 Å². The fourth-order valence-electron chi connectivity index (χ4n) is 3.29. The third-order valence-electron chi connectivity index (χ3n) is 4.39. The van der Waals surface area contributed by atoms with Crippen LogP contribution >= 0.6 is 15.9 Å². The first-order chi connectivity index (χ1) is 11.2. The summed E-state index contributed by atoms with van der Waals surface area (Å²) in [7, 11) is 0. The van der Waals surface area contributed by atoms with Crippen molar-refractivity contribution in [1.82, 2.24) is 14.8 Å². The van der Waals surface area contributed by atoms with Gasteiger partial charge in [-0.15, -0.1) is 0 Å². The van der Waals surface area contributed by atoms with Crippen molar-refractivity contribution in [2.24, 2.45) is 0 Å². The van der Waals surface area contributed by atoms with Crippen molar-refractivity contribution < 1.29 is 14.3 Å². The Bertz CT molecular complexity index is 641. The zero-order valence-electron chi connectivity index (χ0n) is 14.2. The minimum absolute atomic E-state index is 0.0199. The van der Waals surface area contributed by atoms with Crippen molar-refractivity contribution in [3.63, 3.8) is 0 Å². The predicted molar refractivity (Wildman–Crippen MR) is 92.7 cm³/mol. The number of piperazine rings is 1. The van der Waals surface area contributed by atoms with Gasteiger partial charge < -0.3 is 14.5 Å². The van der Waals surface area contributed by atoms with E-state index >= 15 is 0 Å². The van der Waals surface area contributed by atoms with Crippen molar-refractivity contribution in [2.75, 3.05) is 13.1 Å². The molecule has 130 valence electrons. The van der Waals surface area contributed by atoms with Crippen LogP contribution in [0.1, 0.15) is 44.0 Å². The highest BCUT2D eigenvalue weighted by Crippen LogP contribution is 2.31. The number of carbonyl (C=O) groups excluding carboxylic acids is 2.